The largest absolute Gasteiger partial charge is 0.445 e. The minimum absolute atomic E-state index is 0.165. The Morgan fingerprint density at radius 3 is 2.82 bits per heavy atom. The molecule has 5 heterocycles. The summed E-state index contributed by atoms with van der Waals surface area (Å²) < 4.78 is 13.0. The lowest BCUT2D eigenvalue weighted by molar-refractivity contribution is 0.0714. The molecule has 5 rings (SSSR count). The molecule has 146 valence electrons. The third-order valence-corrected chi connectivity index (χ3v) is 5.41. The van der Waals surface area contributed by atoms with Crippen LogP contribution in [-0.2, 0) is 17.7 Å². The monoisotopic (exact) mass is 382 g/mol. The topological polar surface area (TPSA) is 98.7 Å². The summed E-state index contributed by atoms with van der Waals surface area (Å²) in [5.41, 5.74) is 2.59. The molecule has 1 fully saturated rings. The lowest BCUT2D eigenvalue weighted by Gasteiger charge is -2.23. The number of aromatic nitrogens is 5. The van der Waals surface area contributed by atoms with E-state index in [4.69, 9.17) is 14.1 Å². The van der Waals surface area contributed by atoms with Crippen LogP contribution in [0.3, 0.4) is 0 Å². The van der Waals surface area contributed by atoms with Crippen molar-refractivity contribution in [2.45, 2.75) is 45.6 Å². The number of carbonyl (C=O) groups is 1. The summed E-state index contributed by atoms with van der Waals surface area (Å²) in [6, 6.07) is 1.91. The van der Waals surface area contributed by atoms with Gasteiger partial charge in [0.1, 0.15) is 11.5 Å². The van der Waals surface area contributed by atoms with Gasteiger partial charge in [-0.2, -0.15) is 4.98 Å². The van der Waals surface area contributed by atoms with Crippen molar-refractivity contribution in [3.8, 4) is 0 Å². The summed E-state index contributed by atoms with van der Waals surface area (Å²) in [5, 5.41) is 4.36. The predicted molar refractivity (Wildman–Crippen MR) is 98.0 cm³/mol. The molecule has 0 spiro atoms. The van der Waals surface area contributed by atoms with Crippen molar-refractivity contribution in [3.05, 3.63) is 40.6 Å². The predicted octanol–water partition coefficient (Wildman–Crippen LogP) is 1.82. The zero-order valence-corrected chi connectivity index (χ0v) is 16.0. The van der Waals surface area contributed by atoms with Crippen molar-refractivity contribution in [2.75, 3.05) is 19.8 Å². The average Bonchev–Trinajstić information content (AvgIpc) is 3.31. The van der Waals surface area contributed by atoms with E-state index in [9.17, 15) is 4.79 Å². The minimum atomic E-state index is -0.205. The fourth-order valence-electron chi connectivity index (χ4n) is 3.91. The average molecular weight is 382 g/mol. The van der Waals surface area contributed by atoms with Gasteiger partial charge in [0.05, 0.1) is 6.54 Å². The first-order valence-electron chi connectivity index (χ1n) is 9.65. The van der Waals surface area contributed by atoms with Crippen LogP contribution in [0.4, 0.5) is 0 Å². The minimum Gasteiger partial charge on any atom is -0.445 e. The van der Waals surface area contributed by atoms with Crippen molar-refractivity contribution in [2.24, 2.45) is 0 Å². The number of ether oxygens (including phenoxy) is 1. The van der Waals surface area contributed by atoms with Crippen molar-refractivity contribution in [1.82, 2.24) is 29.5 Å². The van der Waals surface area contributed by atoms with E-state index < -0.39 is 0 Å². The molecule has 0 radical (unpaired) electrons. The SMILES string of the molecule is Cc1cc(C)n2nc(C(=O)N3CCc4oc(C5CCOCC5)nc4C3)nc2n1. The molecule has 0 atom stereocenters. The maximum atomic E-state index is 13.0. The Morgan fingerprint density at radius 2 is 2.00 bits per heavy atom. The van der Waals surface area contributed by atoms with E-state index >= 15 is 0 Å². The third kappa shape index (κ3) is 2.95. The van der Waals surface area contributed by atoms with Gasteiger partial charge in [0.25, 0.3) is 11.7 Å². The molecule has 9 heteroatoms. The van der Waals surface area contributed by atoms with Crippen LogP contribution in [0.1, 0.15) is 58.1 Å². The molecule has 9 nitrogen and oxygen atoms in total. The van der Waals surface area contributed by atoms with E-state index in [2.05, 4.69) is 15.1 Å². The van der Waals surface area contributed by atoms with Crippen molar-refractivity contribution in [3.63, 3.8) is 0 Å². The van der Waals surface area contributed by atoms with Gasteiger partial charge in [-0.05, 0) is 32.8 Å². The highest BCUT2D eigenvalue weighted by Crippen LogP contribution is 2.30. The van der Waals surface area contributed by atoms with E-state index in [1.165, 1.54) is 0 Å². The Bertz CT molecular complexity index is 1050. The molecule has 2 aliphatic heterocycles. The first-order valence-corrected chi connectivity index (χ1v) is 9.65. The normalized spacial score (nSPS) is 17.9. The number of fused-ring (bicyclic) bond motifs is 2. The summed E-state index contributed by atoms with van der Waals surface area (Å²) in [7, 11) is 0. The van der Waals surface area contributed by atoms with Crippen molar-refractivity contribution in [1.29, 1.82) is 0 Å². The zero-order chi connectivity index (χ0) is 19.3. The summed E-state index contributed by atoms with van der Waals surface area (Å²) >= 11 is 0. The lowest BCUT2D eigenvalue weighted by atomic mass is 10.0. The van der Waals surface area contributed by atoms with Crippen molar-refractivity contribution >= 4 is 11.7 Å². The maximum Gasteiger partial charge on any atom is 0.293 e. The fourth-order valence-corrected chi connectivity index (χ4v) is 3.91. The molecular formula is C19H22N6O3. The van der Waals surface area contributed by atoms with Crippen LogP contribution in [-0.4, -0.2) is 55.1 Å². The molecule has 0 saturated carbocycles. The Balaban J connectivity index is 1.37. The number of oxazole rings is 1. The highest BCUT2D eigenvalue weighted by Gasteiger charge is 2.30. The maximum absolute atomic E-state index is 13.0. The lowest BCUT2D eigenvalue weighted by Crippen LogP contribution is -2.36. The van der Waals surface area contributed by atoms with Gasteiger partial charge >= 0.3 is 0 Å². The Labute approximate surface area is 161 Å². The van der Waals surface area contributed by atoms with Gasteiger partial charge in [-0.15, -0.1) is 5.10 Å². The Hall–Kier alpha value is -2.81. The summed E-state index contributed by atoms with van der Waals surface area (Å²) in [6.45, 7) is 6.29. The number of hydrogen-bond acceptors (Lipinski definition) is 7. The van der Waals surface area contributed by atoms with Crippen LogP contribution < -0.4 is 0 Å². The number of aryl methyl sites for hydroxylation is 2. The smallest absolute Gasteiger partial charge is 0.293 e. The summed E-state index contributed by atoms with van der Waals surface area (Å²) in [6.07, 6.45) is 2.51. The zero-order valence-electron chi connectivity index (χ0n) is 16.0. The number of hydrogen-bond donors (Lipinski definition) is 0. The summed E-state index contributed by atoms with van der Waals surface area (Å²) in [4.78, 5) is 28.1. The molecule has 3 aromatic heterocycles. The highest BCUT2D eigenvalue weighted by molar-refractivity contribution is 5.91. The van der Waals surface area contributed by atoms with Crippen LogP contribution >= 0.6 is 0 Å². The second-order valence-electron chi connectivity index (χ2n) is 7.47. The second kappa shape index (κ2) is 6.66. The van der Waals surface area contributed by atoms with Gasteiger partial charge < -0.3 is 14.1 Å². The highest BCUT2D eigenvalue weighted by atomic mass is 16.5. The van der Waals surface area contributed by atoms with Gasteiger partial charge in [-0.1, -0.05) is 0 Å². The molecule has 0 aliphatic carbocycles. The number of amides is 1. The van der Waals surface area contributed by atoms with Gasteiger partial charge in [-0.3, -0.25) is 4.79 Å². The van der Waals surface area contributed by atoms with Gasteiger partial charge in [0, 0.05) is 43.5 Å². The first-order chi connectivity index (χ1) is 13.6. The third-order valence-electron chi connectivity index (χ3n) is 5.41. The molecule has 28 heavy (non-hydrogen) atoms. The number of rotatable bonds is 2. The van der Waals surface area contributed by atoms with E-state index in [0.29, 0.717) is 31.2 Å². The molecule has 1 amide bonds. The Morgan fingerprint density at radius 1 is 1.18 bits per heavy atom. The quantitative estimate of drug-likeness (QED) is 0.667. The van der Waals surface area contributed by atoms with Crippen LogP contribution in [0, 0.1) is 13.8 Å². The van der Waals surface area contributed by atoms with Gasteiger partial charge in [0.15, 0.2) is 5.89 Å². The van der Waals surface area contributed by atoms with Crippen LogP contribution in [0.25, 0.3) is 5.78 Å². The van der Waals surface area contributed by atoms with E-state index in [0.717, 1.165) is 54.8 Å². The Kier molecular flexibility index (Phi) is 4.12. The molecule has 3 aromatic rings. The molecule has 0 aromatic carbocycles. The fraction of sp³-hybridized carbons (Fsp3) is 0.526. The molecular weight excluding hydrogens is 360 g/mol. The van der Waals surface area contributed by atoms with Gasteiger partial charge in [-0.25, -0.2) is 14.5 Å². The molecule has 0 unspecified atom stereocenters. The van der Waals surface area contributed by atoms with Crippen LogP contribution in [0.5, 0.6) is 0 Å². The summed E-state index contributed by atoms with van der Waals surface area (Å²) in [5.74, 6) is 2.38. The van der Waals surface area contributed by atoms with Crippen molar-refractivity contribution < 1.29 is 13.9 Å². The van der Waals surface area contributed by atoms with Gasteiger partial charge in [0.2, 0.25) is 5.82 Å². The molecule has 0 bridgehead atoms. The molecule has 2 aliphatic rings. The number of carbonyl (C=O) groups excluding carboxylic acids is 1. The van der Waals surface area contributed by atoms with Crippen LogP contribution in [0.15, 0.2) is 10.5 Å². The van der Waals surface area contributed by atoms with Crippen LogP contribution in [0.2, 0.25) is 0 Å². The van der Waals surface area contributed by atoms with E-state index in [1.807, 2.05) is 19.9 Å². The van der Waals surface area contributed by atoms with E-state index in [-0.39, 0.29) is 11.7 Å². The standard InChI is InChI=1S/C19H22N6O3/c1-11-9-12(2)25-19(20-11)22-16(23-25)18(26)24-6-3-15-14(10-24)21-17(28-15)13-4-7-27-8-5-13/h9,13H,3-8,10H2,1-2H3. The number of nitrogens with zero attached hydrogens (tertiary/aromatic N) is 6. The first kappa shape index (κ1) is 17.3. The molecule has 1 saturated heterocycles. The van der Waals surface area contributed by atoms with E-state index in [1.54, 1.807) is 9.42 Å². The second-order valence-corrected chi connectivity index (χ2v) is 7.47. The molecule has 0 N–H and O–H groups in total.